The normalized spacial score (nSPS) is 16.2. The third-order valence-electron chi connectivity index (χ3n) is 9.33. The van der Waals surface area contributed by atoms with Crippen LogP contribution < -0.4 is 4.31 Å². The summed E-state index contributed by atoms with van der Waals surface area (Å²) in [6.07, 6.45) is 10.1. The molecule has 8 nitrogen and oxygen atoms in total. The standard InChI is InChI=1S/C36H48N4O4S/c1-6-9-15-29-24-28(25-39-33(18-10-7-2)37-36(35(39)41)21-13-14-22-36)19-20-30(29)31-16-11-12-17-32(31)45(42,43)40(23-8-3)34-26(4)27(5)44-38-34/h11-12,16-17,19-20,24H,6-10,13-15,18,21-23,25H2,1-5H3. The monoisotopic (exact) mass is 632 g/mol. The fourth-order valence-corrected chi connectivity index (χ4v) is 8.44. The van der Waals surface area contributed by atoms with Gasteiger partial charge < -0.3 is 4.52 Å². The van der Waals surface area contributed by atoms with Crippen LogP contribution in [0.15, 0.2) is 56.9 Å². The van der Waals surface area contributed by atoms with E-state index in [1.165, 1.54) is 4.31 Å². The lowest BCUT2D eigenvalue weighted by Crippen LogP contribution is -2.40. The van der Waals surface area contributed by atoms with E-state index in [9.17, 15) is 13.2 Å². The second-order valence-corrected chi connectivity index (χ2v) is 14.4. The van der Waals surface area contributed by atoms with E-state index in [-0.39, 0.29) is 10.8 Å². The SMILES string of the molecule is CCCCC1=NC2(CCCC2)C(=O)N1Cc1ccc(-c2ccccc2S(=O)(=O)N(CCC)c2noc(C)c2C)c(CCCC)c1. The Hall–Kier alpha value is -3.46. The highest BCUT2D eigenvalue weighted by Gasteiger charge is 2.49. The molecule has 0 bridgehead atoms. The summed E-state index contributed by atoms with van der Waals surface area (Å²) in [5.41, 5.74) is 3.85. The quantitative estimate of drug-likeness (QED) is 0.179. The van der Waals surface area contributed by atoms with Crippen molar-refractivity contribution in [1.29, 1.82) is 0 Å². The molecule has 0 radical (unpaired) electrons. The molecule has 1 spiro atoms. The molecule has 5 rings (SSSR count). The number of aromatic nitrogens is 1. The average molecular weight is 633 g/mol. The number of anilines is 1. The summed E-state index contributed by atoms with van der Waals surface area (Å²) in [5.74, 6) is 2.01. The Bertz CT molecular complexity index is 1650. The minimum atomic E-state index is -3.96. The van der Waals surface area contributed by atoms with Gasteiger partial charge in [0.25, 0.3) is 15.9 Å². The summed E-state index contributed by atoms with van der Waals surface area (Å²) in [7, 11) is -3.96. The second kappa shape index (κ2) is 13.9. The minimum absolute atomic E-state index is 0.149. The van der Waals surface area contributed by atoms with Gasteiger partial charge in [0.1, 0.15) is 17.1 Å². The number of hydrogen-bond donors (Lipinski definition) is 0. The van der Waals surface area contributed by atoms with Gasteiger partial charge >= 0.3 is 0 Å². The number of carbonyl (C=O) groups is 1. The van der Waals surface area contributed by atoms with Crippen molar-refractivity contribution in [1.82, 2.24) is 10.1 Å². The van der Waals surface area contributed by atoms with E-state index in [0.29, 0.717) is 36.7 Å². The Morgan fingerprint density at radius 3 is 2.31 bits per heavy atom. The first-order valence-corrected chi connectivity index (χ1v) is 18.2. The molecular formula is C36H48N4O4S. The number of rotatable bonds is 14. The lowest BCUT2D eigenvalue weighted by Gasteiger charge is -2.25. The predicted molar refractivity (Wildman–Crippen MR) is 180 cm³/mol. The fourth-order valence-electron chi connectivity index (χ4n) is 6.68. The maximum Gasteiger partial charge on any atom is 0.266 e. The summed E-state index contributed by atoms with van der Waals surface area (Å²) in [4.78, 5) is 21.0. The zero-order chi connectivity index (χ0) is 32.2. The average Bonchev–Trinajstić information content (AvgIpc) is 3.72. The van der Waals surface area contributed by atoms with Gasteiger partial charge in [0, 0.05) is 24.1 Å². The molecule has 0 atom stereocenters. The molecule has 2 aliphatic rings. The highest BCUT2D eigenvalue weighted by Crippen LogP contribution is 2.41. The molecule has 1 saturated carbocycles. The number of benzene rings is 2. The van der Waals surface area contributed by atoms with Gasteiger partial charge in [0.05, 0.1) is 11.4 Å². The molecule has 1 amide bonds. The van der Waals surface area contributed by atoms with Gasteiger partial charge in [0.2, 0.25) is 0 Å². The summed E-state index contributed by atoms with van der Waals surface area (Å²) in [5, 5.41) is 4.13. The number of aliphatic imine (C=N–C) groups is 1. The molecule has 9 heteroatoms. The van der Waals surface area contributed by atoms with Crippen LogP contribution in [-0.4, -0.2) is 42.3 Å². The van der Waals surface area contributed by atoms with Crippen molar-refractivity contribution < 1.29 is 17.7 Å². The van der Waals surface area contributed by atoms with Gasteiger partial charge in [-0.1, -0.05) is 88.0 Å². The van der Waals surface area contributed by atoms with Crippen LogP contribution >= 0.6 is 0 Å². The van der Waals surface area contributed by atoms with E-state index in [1.54, 1.807) is 19.1 Å². The maximum atomic E-state index is 14.4. The molecule has 0 saturated heterocycles. The molecule has 0 unspecified atom stereocenters. The largest absolute Gasteiger partial charge is 0.359 e. The summed E-state index contributed by atoms with van der Waals surface area (Å²) in [6.45, 7) is 10.7. The minimum Gasteiger partial charge on any atom is -0.359 e. The number of unbranched alkanes of at least 4 members (excludes halogenated alkanes) is 2. The molecule has 2 aromatic carbocycles. The van der Waals surface area contributed by atoms with Crippen molar-refractivity contribution in [3.8, 4) is 11.1 Å². The number of amidine groups is 1. The Kier molecular flexibility index (Phi) is 10.2. The van der Waals surface area contributed by atoms with Gasteiger partial charge in [-0.2, -0.15) is 0 Å². The Balaban J connectivity index is 1.53. The van der Waals surface area contributed by atoms with Crippen LogP contribution in [0.1, 0.15) is 107 Å². The molecule has 0 N–H and O–H groups in total. The number of nitrogens with zero attached hydrogens (tertiary/aromatic N) is 4. The van der Waals surface area contributed by atoms with Crippen LogP contribution in [0.25, 0.3) is 11.1 Å². The number of amides is 1. The van der Waals surface area contributed by atoms with Crippen LogP contribution in [0.3, 0.4) is 0 Å². The zero-order valence-corrected chi connectivity index (χ0v) is 28.4. The van der Waals surface area contributed by atoms with E-state index in [4.69, 9.17) is 9.52 Å². The highest BCUT2D eigenvalue weighted by molar-refractivity contribution is 7.93. The van der Waals surface area contributed by atoms with E-state index in [1.807, 2.05) is 43.0 Å². The number of hydrogen-bond acceptors (Lipinski definition) is 6. The lowest BCUT2D eigenvalue weighted by molar-refractivity contribution is -0.131. The van der Waals surface area contributed by atoms with Crippen LogP contribution in [0, 0.1) is 13.8 Å². The second-order valence-electron chi connectivity index (χ2n) is 12.6. The van der Waals surface area contributed by atoms with Crippen LogP contribution in [0.5, 0.6) is 0 Å². The zero-order valence-electron chi connectivity index (χ0n) is 27.6. The maximum absolute atomic E-state index is 14.4. The van der Waals surface area contributed by atoms with Crippen molar-refractivity contribution in [3.63, 3.8) is 0 Å². The van der Waals surface area contributed by atoms with Crippen molar-refractivity contribution in [3.05, 3.63) is 64.9 Å². The first kappa shape index (κ1) is 32.9. The van der Waals surface area contributed by atoms with Gasteiger partial charge in [-0.25, -0.2) is 12.7 Å². The number of aryl methyl sites for hydroxylation is 2. The summed E-state index contributed by atoms with van der Waals surface area (Å²) < 4.78 is 35.5. The summed E-state index contributed by atoms with van der Waals surface area (Å²) in [6, 6.07) is 13.5. The predicted octanol–water partition coefficient (Wildman–Crippen LogP) is 8.15. The molecule has 3 aromatic rings. The third-order valence-corrected chi connectivity index (χ3v) is 11.2. The Morgan fingerprint density at radius 1 is 0.933 bits per heavy atom. The molecule has 1 aliphatic carbocycles. The van der Waals surface area contributed by atoms with Gasteiger partial charge in [-0.15, -0.1) is 0 Å². The molecule has 1 aromatic heterocycles. The molecular weight excluding hydrogens is 584 g/mol. The molecule has 1 aliphatic heterocycles. The number of sulfonamides is 1. The summed E-state index contributed by atoms with van der Waals surface area (Å²) >= 11 is 0. The van der Waals surface area contributed by atoms with Crippen molar-refractivity contribution in [2.45, 2.75) is 122 Å². The van der Waals surface area contributed by atoms with E-state index in [2.05, 4.69) is 25.1 Å². The van der Waals surface area contributed by atoms with Crippen molar-refractivity contribution in [2.75, 3.05) is 10.8 Å². The third kappa shape index (κ3) is 6.46. The van der Waals surface area contributed by atoms with Gasteiger partial charge in [-0.05, 0) is 75.1 Å². The molecule has 45 heavy (non-hydrogen) atoms. The van der Waals surface area contributed by atoms with Crippen LogP contribution in [-0.2, 0) is 27.8 Å². The van der Waals surface area contributed by atoms with E-state index < -0.39 is 15.6 Å². The number of carbonyl (C=O) groups excluding carboxylic acids is 1. The van der Waals surface area contributed by atoms with E-state index in [0.717, 1.165) is 92.3 Å². The van der Waals surface area contributed by atoms with Gasteiger partial charge in [-0.3, -0.25) is 14.7 Å². The molecule has 2 heterocycles. The van der Waals surface area contributed by atoms with Crippen molar-refractivity contribution in [2.24, 2.45) is 4.99 Å². The first-order valence-electron chi connectivity index (χ1n) is 16.7. The Labute approximate surface area is 269 Å². The highest BCUT2D eigenvalue weighted by atomic mass is 32.2. The Morgan fingerprint density at radius 2 is 1.64 bits per heavy atom. The fraction of sp³-hybridized carbons (Fsp3) is 0.528. The smallest absolute Gasteiger partial charge is 0.266 e. The molecule has 242 valence electrons. The van der Waals surface area contributed by atoms with Crippen molar-refractivity contribution >= 4 is 27.6 Å². The van der Waals surface area contributed by atoms with Crippen LogP contribution in [0.2, 0.25) is 0 Å². The van der Waals surface area contributed by atoms with Crippen LogP contribution in [0.4, 0.5) is 5.82 Å². The lowest BCUT2D eigenvalue weighted by atomic mass is 9.93. The van der Waals surface area contributed by atoms with Gasteiger partial charge in [0.15, 0.2) is 5.82 Å². The topological polar surface area (TPSA) is 96.1 Å². The first-order chi connectivity index (χ1) is 21.7. The molecule has 1 fully saturated rings. The van der Waals surface area contributed by atoms with E-state index >= 15 is 0 Å².